The third kappa shape index (κ3) is 1.88. The molecule has 3 aromatic heterocycles. The minimum Gasteiger partial charge on any atom is -0.414 e. The molecule has 0 bridgehead atoms. The van der Waals surface area contributed by atoms with Crippen LogP contribution in [0.5, 0.6) is 0 Å². The molecule has 6 nitrogen and oxygen atoms in total. The van der Waals surface area contributed by atoms with E-state index >= 15 is 0 Å². The molecule has 0 atom stereocenters. The van der Waals surface area contributed by atoms with Crippen LogP contribution in [0.4, 0.5) is 0 Å². The van der Waals surface area contributed by atoms with Gasteiger partial charge in [-0.05, 0) is 19.1 Å². The second kappa shape index (κ2) is 4.40. The zero-order valence-corrected chi connectivity index (χ0v) is 9.82. The van der Waals surface area contributed by atoms with Crippen molar-refractivity contribution in [1.82, 2.24) is 25.0 Å². The van der Waals surface area contributed by atoms with Gasteiger partial charge in [-0.2, -0.15) is 5.10 Å². The van der Waals surface area contributed by atoms with E-state index in [0.717, 1.165) is 12.1 Å². The zero-order chi connectivity index (χ0) is 12.4. The highest BCUT2D eigenvalue weighted by Crippen LogP contribution is 2.21. The topological polar surface area (TPSA) is 69.6 Å². The first-order valence-electron chi connectivity index (χ1n) is 5.64. The van der Waals surface area contributed by atoms with Crippen molar-refractivity contribution in [2.24, 2.45) is 0 Å². The quantitative estimate of drug-likeness (QED) is 0.701. The molecule has 3 rings (SSSR count). The van der Waals surface area contributed by atoms with Crippen LogP contribution in [0.25, 0.3) is 23.0 Å². The van der Waals surface area contributed by atoms with E-state index in [1.807, 2.05) is 31.3 Å². The first-order valence-corrected chi connectivity index (χ1v) is 5.64. The predicted molar refractivity (Wildman–Crippen MR) is 64.4 cm³/mol. The lowest BCUT2D eigenvalue weighted by atomic mass is 10.3. The van der Waals surface area contributed by atoms with E-state index in [2.05, 4.69) is 20.3 Å². The van der Waals surface area contributed by atoms with Crippen molar-refractivity contribution in [3.05, 3.63) is 36.8 Å². The van der Waals surface area contributed by atoms with Gasteiger partial charge in [0.1, 0.15) is 5.69 Å². The Morgan fingerprint density at radius 3 is 2.83 bits per heavy atom. The van der Waals surface area contributed by atoms with Gasteiger partial charge in [0.25, 0.3) is 11.8 Å². The van der Waals surface area contributed by atoms with Crippen LogP contribution < -0.4 is 0 Å². The zero-order valence-electron chi connectivity index (χ0n) is 9.82. The summed E-state index contributed by atoms with van der Waals surface area (Å²) in [5.41, 5.74) is 1.48. The summed E-state index contributed by atoms with van der Waals surface area (Å²) in [6.45, 7) is 2.82. The second-order valence-corrected chi connectivity index (χ2v) is 3.71. The molecular formula is C12H11N5O. The van der Waals surface area contributed by atoms with Crippen molar-refractivity contribution in [1.29, 1.82) is 0 Å². The molecule has 0 aliphatic rings. The van der Waals surface area contributed by atoms with Crippen molar-refractivity contribution in [2.75, 3.05) is 0 Å². The Kier molecular flexibility index (Phi) is 2.60. The number of hydrogen-bond donors (Lipinski definition) is 0. The van der Waals surface area contributed by atoms with E-state index in [9.17, 15) is 0 Å². The number of rotatable bonds is 3. The minimum atomic E-state index is 0.412. The summed E-state index contributed by atoms with van der Waals surface area (Å²) in [5, 5.41) is 12.1. The molecule has 18 heavy (non-hydrogen) atoms. The van der Waals surface area contributed by atoms with Gasteiger partial charge in [0.2, 0.25) is 0 Å². The van der Waals surface area contributed by atoms with Crippen LogP contribution in [0.2, 0.25) is 0 Å². The number of aryl methyl sites for hydroxylation is 1. The van der Waals surface area contributed by atoms with Crippen molar-refractivity contribution in [2.45, 2.75) is 13.5 Å². The van der Waals surface area contributed by atoms with Gasteiger partial charge < -0.3 is 4.42 Å². The predicted octanol–water partition coefficient (Wildman–Crippen LogP) is 2.01. The highest BCUT2D eigenvalue weighted by Gasteiger charge is 2.12. The number of aromatic nitrogens is 5. The minimum absolute atomic E-state index is 0.412. The van der Waals surface area contributed by atoms with Gasteiger partial charge in [0.15, 0.2) is 0 Å². The molecule has 90 valence electrons. The summed E-state index contributed by atoms with van der Waals surface area (Å²) in [4.78, 5) is 4.16. The Bertz CT molecular complexity index is 643. The van der Waals surface area contributed by atoms with Gasteiger partial charge in [-0.25, -0.2) is 0 Å². The molecule has 3 aromatic rings. The molecule has 0 spiro atoms. The molecule has 6 heteroatoms. The van der Waals surface area contributed by atoms with Crippen LogP contribution in [-0.2, 0) is 6.54 Å². The third-order valence-corrected chi connectivity index (χ3v) is 2.51. The summed E-state index contributed by atoms with van der Waals surface area (Å²) in [5.74, 6) is 0.866. The maximum atomic E-state index is 5.58. The number of nitrogens with zero attached hydrogens (tertiary/aromatic N) is 5. The maximum Gasteiger partial charge on any atom is 0.266 e. The summed E-state index contributed by atoms with van der Waals surface area (Å²) < 4.78 is 7.38. The van der Waals surface area contributed by atoms with Crippen LogP contribution >= 0.6 is 0 Å². The average Bonchev–Trinajstić information content (AvgIpc) is 3.08. The molecule has 0 N–H and O–H groups in total. The van der Waals surface area contributed by atoms with Crippen molar-refractivity contribution >= 4 is 0 Å². The lowest BCUT2D eigenvalue weighted by molar-refractivity contribution is 0.582. The van der Waals surface area contributed by atoms with E-state index in [0.29, 0.717) is 17.5 Å². The van der Waals surface area contributed by atoms with E-state index in [1.54, 1.807) is 17.1 Å². The largest absolute Gasteiger partial charge is 0.414 e. The molecule has 0 aliphatic carbocycles. The fourth-order valence-electron chi connectivity index (χ4n) is 1.58. The fraction of sp³-hybridized carbons (Fsp3) is 0.167. The van der Waals surface area contributed by atoms with Gasteiger partial charge in [-0.3, -0.25) is 9.67 Å². The first kappa shape index (κ1) is 10.6. The Morgan fingerprint density at radius 2 is 2.11 bits per heavy atom. The van der Waals surface area contributed by atoms with Crippen molar-refractivity contribution in [3.63, 3.8) is 0 Å². The Hall–Kier alpha value is -2.50. The van der Waals surface area contributed by atoms with Crippen LogP contribution in [0.1, 0.15) is 6.92 Å². The van der Waals surface area contributed by atoms with Gasteiger partial charge in [0, 0.05) is 18.9 Å². The van der Waals surface area contributed by atoms with Crippen molar-refractivity contribution < 1.29 is 4.42 Å². The standard InChI is InChI=1S/C12H11N5O/c1-2-17-8-9(7-14-17)11-15-16-12(18-11)10-5-3-4-6-13-10/h3-8H,2H2,1H3. The Morgan fingerprint density at radius 1 is 1.22 bits per heavy atom. The van der Waals surface area contributed by atoms with E-state index in [4.69, 9.17) is 4.42 Å². The van der Waals surface area contributed by atoms with Crippen LogP contribution in [-0.4, -0.2) is 25.0 Å². The molecule has 0 aliphatic heterocycles. The van der Waals surface area contributed by atoms with Crippen molar-refractivity contribution in [3.8, 4) is 23.0 Å². The van der Waals surface area contributed by atoms with Gasteiger partial charge in [-0.15, -0.1) is 10.2 Å². The number of pyridine rings is 1. The lowest BCUT2D eigenvalue weighted by Crippen LogP contribution is -1.91. The normalized spacial score (nSPS) is 10.7. The average molecular weight is 241 g/mol. The Balaban J connectivity index is 1.94. The molecule has 3 heterocycles. The molecule has 0 saturated heterocycles. The van der Waals surface area contributed by atoms with E-state index in [1.165, 1.54) is 0 Å². The summed E-state index contributed by atoms with van der Waals surface area (Å²) in [7, 11) is 0. The third-order valence-electron chi connectivity index (χ3n) is 2.51. The van der Waals surface area contributed by atoms with E-state index < -0.39 is 0 Å². The summed E-state index contributed by atoms with van der Waals surface area (Å²) >= 11 is 0. The smallest absolute Gasteiger partial charge is 0.266 e. The molecule has 0 saturated carbocycles. The van der Waals surface area contributed by atoms with Gasteiger partial charge >= 0.3 is 0 Å². The monoisotopic (exact) mass is 241 g/mol. The molecule has 0 fully saturated rings. The first-order chi connectivity index (χ1) is 8.86. The molecule has 0 aromatic carbocycles. The van der Waals surface area contributed by atoms with Crippen LogP contribution in [0, 0.1) is 0 Å². The van der Waals surface area contributed by atoms with Gasteiger partial charge in [-0.1, -0.05) is 6.07 Å². The summed E-state index contributed by atoms with van der Waals surface area (Å²) in [6.07, 6.45) is 5.27. The highest BCUT2D eigenvalue weighted by atomic mass is 16.4. The molecule has 0 unspecified atom stereocenters. The highest BCUT2D eigenvalue weighted by molar-refractivity contribution is 5.53. The van der Waals surface area contributed by atoms with E-state index in [-0.39, 0.29) is 0 Å². The number of hydrogen-bond acceptors (Lipinski definition) is 5. The summed E-state index contributed by atoms with van der Waals surface area (Å²) in [6, 6.07) is 5.54. The fourth-order valence-corrected chi connectivity index (χ4v) is 1.58. The molecule has 0 amide bonds. The Labute approximate surface area is 103 Å². The lowest BCUT2D eigenvalue weighted by Gasteiger charge is -1.91. The van der Waals surface area contributed by atoms with Gasteiger partial charge in [0.05, 0.1) is 11.8 Å². The molecule has 0 radical (unpaired) electrons. The molecular weight excluding hydrogens is 230 g/mol. The van der Waals surface area contributed by atoms with Crippen LogP contribution in [0.3, 0.4) is 0 Å². The van der Waals surface area contributed by atoms with Crippen LogP contribution in [0.15, 0.2) is 41.2 Å². The second-order valence-electron chi connectivity index (χ2n) is 3.71. The maximum absolute atomic E-state index is 5.58. The SMILES string of the molecule is CCn1cc(-c2nnc(-c3ccccn3)o2)cn1.